The van der Waals surface area contributed by atoms with E-state index in [2.05, 4.69) is 44.9 Å². The van der Waals surface area contributed by atoms with Gasteiger partial charge in [-0.3, -0.25) is 4.90 Å². The third-order valence-electron chi connectivity index (χ3n) is 3.31. The predicted molar refractivity (Wildman–Crippen MR) is 95.6 cm³/mol. The minimum atomic E-state index is 0. The standard InChI is InChI=1S/C14H18BrClN2.2ClH/c1-2-3-14(18-8-6-17-7-9-18)11-4-5-13(16)12(15)10-11;;/h2,4-5,10,14,17H,1,3,6-9H2;2*1H/t14-;;/m1../s1. The third kappa shape index (κ3) is 5.21. The van der Waals surface area contributed by atoms with Crippen LogP contribution in [0.5, 0.6) is 0 Å². The van der Waals surface area contributed by atoms with E-state index in [9.17, 15) is 0 Å². The van der Waals surface area contributed by atoms with Gasteiger partial charge in [0.05, 0.1) is 5.02 Å². The molecule has 20 heavy (non-hydrogen) atoms. The molecule has 6 heteroatoms. The van der Waals surface area contributed by atoms with E-state index in [-0.39, 0.29) is 24.8 Å². The van der Waals surface area contributed by atoms with Gasteiger partial charge in [-0.25, -0.2) is 0 Å². The SMILES string of the molecule is C=CC[C@H](c1ccc(Cl)c(Br)c1)N1CCNCC1.Cl.Cl. The Kier molecular flexibility index (Phi) is 10.2. The van der Waals surface area contributed by atoms with E-state index >= 15 is 0 Å². The van der Waals surface area contributed by atoms with Crippen molar-refractivity contribution in [2.24, 2.45) is 0 Å². The van der Waals surface area contributed by atoms with Gasteiger partial charge in [0.15, 0.2) is 0 Å². The van der Waals surface area contributed by atoms with Gasteiger partial charge in [0.1, 0.15) is 0 Å². The molecular formula is C14H20BrCl3N2. The smallest absolute Gasteiger partial charge is 0.0548 e. The van der Waals surface area contributed by atoms with Gasteiger partial charge in [-0.05, 0) is 40.0 Å². The molecule has 2 rings (SSSR count). The topological polar surface area (TPSA) is 15.3 Å². The van der Waals surface area contributed by atoms with Crippen LogP contribution in [0.4, 0.5) is 0 Å². The van der Waals surface area contributed by atoms with Crippen LogP contribution in [-0.2, 0) is 0 Å². The van der Waals surface area contributed by atoms with Crippen molar-refractivity contribution in [3.05, 3.63) is 45.9 Å². The zero-order valence-electron chi connectivity index (χ0n) is 11.1. The molecule has 114 valence electrons. The quantitative estimate of drug-likeness (QED) is 0.748. The van der Waals surface area contributed by atoms with Gasteiger partial charge < -0.3 is 5.32 Å². The van der Waals surface area contributed by atoms with E-state index in [1.54, 1.807) is 0 Å². The lowest BCUT2D eigenvalue weighted by Gasteiger charge is -2.35. The molecule has 0 unspecified atom stereocenters. The molecule has 0 radical (unpaired) electrons. The second-order valence-corrected chi connectivity index (χ2v) is 5.76. The summed E-state index contributed by atoms with van der Waals surface area (Å²) in [6.45, 7) is 8.16. The Morgan fingerprint density at radius 2 is 2.00 bits per heavy atom. The lowest BCUT2D eigenvalue weighted by Crippen LogP contribution is -2.45. The first kappa shape index (κ1) is 20.2. The highest BCUT2D eigenvalue weighted by molar-refractivity contribution is 9.10. The monoisotopic (exact) mass is 400 g/mol. The molecule has 1 atom stereocenters. The largest absolute Gasteiger partial charge is 0.314 e. The van der Waals surface area contributed by atoms with Crippen LogP contribution in [0.1, 0.15) is 18.0 Å². The van der Waals surface area contributed by atoms with Crippen molar-refractivity contribution < 1.29 is 0 Å². The Morgan fingerprint density at radius 3 is 2.55 bits per heavy atom. The summed E-state index contributed by atoms with van der Waals surface area (Å²) in [4.78, 5) is 2.51. The van der Waals surface area contributed by atoms with Gasteiger partial charge in [0, 0.05) is 36.7 Å². The summed E-state index contributed by atoms with van der Waals surface area (Å²) in [5, 5.41) is 4.15. The van der Waals surface area contributed by atoms with Crippen LogP contribution >= 0.6 is 52.3 Å². The summed E-state index contributed by atoms with van der Waals surface area (Å²) >= 11 is 9.56. The van der Waals surface area contributed by atoms with Crippen LogP contribution in [0.25, 0.3) is 0 Å². The summed E-state index contributed by atoms with van der Waals surface area (Å²) in [5.41, 5.74) is 1.30. The third-order valence-corrected chi connectivity index (χ3v) is 4.52. The Labute approximate surface area is 146 Å². The molecule has 0 saturated carbocycles. The zero-order chi connectivity index (χ0) is 13.0. The molecule has 0 spiro atoms. The summed E-state index contributed by atoms with van der Waals surface area (Å²) < 4.78 is 0.964. The highest BCUT2D eigenvalue weighted by atomic mass is 79.9. The van der Waals surface area contributed by atoms with E-state index in [1.807, 2.05) is 12.1 Å². The highest BCUT2D eigenvalue weighted by Crippen LogP contribution is 2.30. The molecule has 1 fully saturated rings. The van der Waals surface area contributed by atoms with Gasteiger partial charge in [-0.1, -0.05) is 23.7 Å². The number of piperazine rings is 1. The number of hydrogen-bond donors (Lipinski definition) is 1. The van der Waals surface area contributed by atoms with Crippen LogP contribution in [0, 0.1) is 0 Å². The van der Waals surface area contributed by atoms with E-state index in [0.717, 1.165) is 42.1 Å². The van der Waals surface area contributed by atoms with Crippen LogP contribution in [0.15, 0.2) is 35.3 Å². The summed E-state index contributed by atoms with van der Waals surface area (Å²) in [5.74, 6) is 0. The summed E-state index contributed by atoms with van der Waals surface area (Å²) in [6.07, 6.45) is 2.96. The highest BCUT2D eigenvalue weighted by Gasteiger charge is 2.21. The van der Waals surface area contributed by atoms with Crippen LogP contribution in [0.3, 0.4) is 0 Å². The van der Waals surface area contributed by atoms with Crippen LogP contribution < -0.4 is 5.32 Å². The molecule has 1 aliphatic rings. The van der Waals surface area contributed by atoms with Crippen molar-refractivity contribution in [2.75, 3.05) is 26.2 Å². The molecule has 0 aromatic heterocycles. The maximum atomic E-state index is 6.06. The predicted octanol–water partition coefficient (Wildman–Crippen LogP) is 4.47. The maximum Gasteiger partial charge on any atom is 0.0548 e. The molecular weight excluding hydrogens is 382 g/mol. The molecule has 1 aliphatic heterocycles. The first-order valence-electron chi connectivity index (χ1n) is 6.23. The number of rotatable bonds is 4. The van der Waals surface area contributed by atoms with Gasteiger partial charge >= 0.3 is 0 Å². The lowest BCUT2D eigenvalue weighted by atomic mass is 10.0. The molecule has 1 aromatic rings. The lowest BCUT2D eigenvalue weighted by molar-refractivity contribution is 0.174. The number of hydrogen-bond acceptors (Lipinski definition) is 2. The second kappa shape index (κ2) is 10.0. The maximum absolute atomic E-state index is 6.06. The zero-order valence-corrected chi connectivity index (χ0v) is 15.1. The molecule has 0 aliphatic carbocycles. The number of nitrogens with zero attached hydrogens (tertiary/aromatic N) is 1. The Bertz CT molecular complexity index is 423. The molecule has 1 saturated heterocycles. The van der Waals surface area contributed by atoms with Gasteiger partial charge in [-0.15, -0.1) is 31.4 Å². The van der Waals surface area contributed by atoms with Crippen molar-refractivity contribution in [3.8, 4) is 0 Å². The average molecular weight is 403 g/mol. The number of nitrogens with one attached hydrogen (secondary N) is 1. The van der Waals surface area contributed by atoms with Crippen molar-refractivity contribution in [1.29, 1.82) is 0 Å². The van der Waals surface area contributed by atoms with Crippen molar-refractivity contribution in [3.63, 3.8) is 0 Å². The Balaban J connectivity index is 0.00000180. The van der Waals surface area contributed by atoms with Crippen molar-refractivity contribution in [1.82, 2.24) is 10.2 Å². The first-order chi connectivity index (χ1) is 8.72. The minimum Gasteiger partial charge on any atom is -0.314 e. The fourth-order valence-electron chi connectivity index (χ4n) is 2.37. The average Bonchev–Trinajstić information content (AvgIpc) is 2.40. The van der Waals surface area contributed by atoms with Crippen molar-refractivity contribution in [2.45, 2.75) is 12.5 Å². The molecule has 1 N–H and O–H groups in total. The number of benzene rings is 1. The molecule has 0 bridgehead atoms. The Morgan fingerprint density at radius 1 is 1.35 bits per heavy atom. The van der Waals surface area contributed by atoms with Crippen LogP contribution in [0.2, 0.25) is 5.02 Å². The van der Waals surface area contributed by atoms with Gasteiger partial charge in [0.25, 0.3) is 0 Å². The van der Waals surface area contributed by atoms with E-state index in [1.165, 1.54) is 5.56 Å². The fraction of sp³-hybridized carbons (Fsp3) is 0.429. The van der Waals surface area contributed by atoms with Crippen LogP contribution in [-0.4, -0.2) is 31.1 Å². The van der Waals surface area contributed by atoms with E-state index < -0.39 is 0 Å². The number of halogens is 4. The first-order valence-corrected chi connectivity index (χ1v) is 7.40. The fourth-order valence-corrected chi connectivity index (χ4v) is 2.88. The van der Waals surface area contributed by atoms with Crippen molar-refractivity contribution >= 4 is 52.3 Å². The Hall–Kier alpha value is 0.230. The molecule has 2 nitrogen and oxygen atoms in total. The molecule has 0 amide bonds. The van der Waals surface area contributed by atoms with Gasteiger partial charge in [0.2, 0.25) is 0 Å². The van der Waals surface area contributed by atoms with E-state index in [0.29, 0.717) is 6.04 Å². The van der Waals surface area contributed by atoms with E-state index in [4.69, 9.17) is 11.6 Å². The molecule has 1 heterocycles. The summed E-state index contributed by atoms with van der Waals surface area (Å²) in [7, 11) is 0. The summed E-state index contributed by atoms with van der Waals surface area (Å²) in [6, 6.07) is 6.60. The normalized spacial score (nSPS) is 16.7. The second-order valence-electron chi connectivity index (χ2n) is 4.50. The van der Waals surface area contributed by atoms with Gasteiger partial charge in [-0.2, -0.15) is 0 Å². The molecule has 1 aromatic carbocycles. The minimum absolute atomic E-state index is 0.